The second kappa shape index (κ2) is 6.86. The number of carbonyl (C=O) groups is 1. The van der Waals surface area contributed by atoms with Crippen LogP contribution in [-0.4, -0.2) is 45.7 Å². The number of aromatic nitrogens is 2. The molecule has 1 aliphatic rings. The Morgan fingerprint density at radius 1 is 1.29 bits per heavy atom. The zero-order valence-corrected chi connectivity index (χ0v) is 15.0. The lowest BCUT2D eigenvalue weighted by Crippen LogP contribution is -2.60. The third-order valence-electron chi connectivity index (χ3n) is 3.92. The van der Waals surface area contributed by atoms with Crippen molar-refractivity contribution in [1.29, 1.82) is 0 Å². The van der Waals surface area contributed by atoms with Gasteiger partial charge in [-0.15, -0.1) is 5.10 Å². The third kappa shape index (κ3) is 4.30. The minimum atomic E-state index is -0.105. The molecule has 7 heteroatoms. The van der Waals surface area contributed by atoms with Crippen molar-refractivity contribution in [3.05, 3.63) is 35.9 Å². The summed E-state index contributed by atoms with van der Waals surface area (Å²) >= 11 is 1.26. The van der Waals surface area contributed by atoms with E-state index in [0.29, 0.717) is 16.7 Å². The molecule has 1 aromatic heterocycles. The Morgan fingerprint density at radius 3 is 2.67 bits per heavy atom. The SMILES string of the molecule is CC(C)(C)N1CC(Oc2nnc(NC(=O)Cc3ccccc3)s2)C1. The van der Waals surface area contributed by atoms with Crippen molar-refractivity contribution >= 4 is 22.4 Å². The predicted molar refractivity (Wildman–Crippen MR) is 94.4 cm³/mol. The van der Waals surface area contributed by atoms with Crippen LogP contribution in [0.1, 0.15) is 26.3 Å². The molecule has 0 aliphatic carbocycles. The lowest BCUT2D eigenvalue weighted by atomic mass is 9.99. The van der Waals surface area contributed by atoms with E-state index in [4.69, 9.17) is 4.74 Å². The molecule has 0 bridgehead atoms. The Labute approximate surface area is 145 Å². The van der Waals surface area contributed by atoms with Crippen molar-refractivity contribution in [2.24, 2.45) is 0 Å². The number of hydrogen-bond donors (Lipinski definition) is 1. The maximum atomic E-state index is 12.0. The van der Waals surface area contributed by atoms with Crippen LogP contribution in [0.3, 0.4) is 0 Å². The molecule has 1 amide bonds. The van der Waals surface area contributed by atoms with Crippen LogP contribution in [0, 0.1) is 0 Å². The van der Waals surface area contributed by atoms with Crippen molar-refractivity contribution in [2.75, 3.05) is 18.4 Å². The summed E-state index contributed by atoms with van der Waals surface area (Å²) < 4.78 is 5.81. The summed E-state index contributed by atoms with van der Waals surface area (Å²) in [6.07, 6.45) is 0.463. The van der Waals surface area contributed by atoms with Gasteiger partial charge >= 0.3 is 0 Å². The molecule has 24 heavy (non-hydrogen) atoms. The van der Waals surface area contributed by atoms with E-state index in [2.05, 4.69) is 41.2 Å². The van der Waals surface area contributed by atoms with E-state index >= 15 is 0 Å². The monoisotopic (exact) mass is 346 g/mol. The fourth-order valence-corrected chi connectivity index (χ4v) is 3.13. The molecule has 3 rings (SSSR count). The Morgan fingerprint density at radius 2 is 2.00 bits per heavy atom. The van der Waals surface area contributed by atoms with E-state index in [1.807, 2.05) is 30.3 Å². The first-order chi connectivity index (χ1) is 11.4. The van der Waals surface area contributed by atoms with Crippen molar-refractivity contribution in [3.8, 4) is 5.19 Å². The summed E-state index contributed by atoms with van der Waals surface area (Å²) in [6, 6.07) is 9.60. The molecule has 0 atom stereocenters. The van der Waals surface area contributed by atoms with Gasteiger partial charge in [-0.3, -0.25) is 9.69 Å². The number of carbonyl (C=O) groups excluding carboxylic acids is 1. The molecule has 0 saturated carbocycles. The Balaban J connectivity index is 1.47. The maximum absolute atomic E-state index is 12.0. The number of amides is 1. The van der Waals surface area contributed by atoms with Gasteiger partial charge in [0, 0.05) is 18.6 Å². The van der Waals surface area contributed by atoms with Crippen molar-refractivity contribution in [3.63, 3.8) is 0 Å². The van der Waals surface area contributed by atoms with Crippen molar-refractivity contribution < 1.29 is 9.53 Å². The number of nitrogens with one attached hydrogen (secondary N) is 1. The Hall–Kier alpha value is -1.99. The zero-order valence-electron chi connectivity index (χ0n) is 14.2. The highest BCUT2D eigenvalue weighted by atomic mass is 32.1. The van der Waals surface area contributed by atoms with E-state index in [9.17, 15) is 4.79 Å². The zero-order chi connectivity index (χ0) is 17.2. The van der Waals surface area contributed by atoms with E-state index < -0.39 is 0 Å². The maximum Gasteiger partial charge on any atom is 0.296 e. The molecule has 1 saturated heterocycles. The van der Waals surface area contributed by atoms with Gasteiger partial charge in [-0.05, 0) is 37.7 Å². The minimum absolute atomic E-state index is 0.105. The van der Waals surface area contributed by atoms with Crippen LogP contribution in [0.25, 0.3) is 0 Å². The second-order valence-electron chi connectivity index (χ2n) is 6.90. The number of rotatable bonds is 5. The standard InChI is InChI=1S/C17H22N4O2S/c1-17(2,3)21-10-13(11-21)23-16-20-19-15(24-16)18-14(22)9-12-7-5-4-6-8-12/h4-8,13H,9-11H2,1-3H3,(H,18,19,22). The second-order valence-corrected chi connectivity index (χ2v) is 7.84. The number of anilines is 1. The average Bonchev–Trinajstić information content (AvgIpc) is 2.89. The summed E-state index contributed by atoms with van der Waals surface area (Å²) in [4.78, 5) is 14.4. The topological polar surface area (TPSA) is 67.3 Å². The summed E-state index contributed by atoms with van der Waals surface area (Å²) in [7, 11) is 0. The van der Waals surface area contributed by atoms with E-state index in [1.54, 1.807) is 0 Å². The van der Waals surface area contributed by atoms with Gasteiger partial charge in [-0.25, -0.2) is 0 Å². The lowest BCUT2D eigenvalue weighted by molar-refractivity contribution is -0.115. The molecule has 2 heterocycles. The van der Waals surface area contributed by atoms with Crippen LogP contribution in [0.5, 0.6) is 5.19 Å². The van der Waals surface area contributed by atoms with Gasteiger partial charge in [0.1, 0.15) is 6.10 Å². The third-order valence-corrected chi connectivity index (χ3v) is 4.65. The quantitative estimate of drug-likeness (QED) is 0.901. The van der Waals surface area contributed by atoms with Gasteiger partial charge in [0.25, 0.3) is 5.19 Å². The van der Waals surface area contributed by atoms with Crippen LogP contribution in [0.4, 0.5) is 5.13 Å². The first kappa shape index (κ1) is 16.9. The van der Waals surface area contributed by atoms with E-state index in [1.165, 1.54) is 11.3 Å². The first-order valence-corrected chi connectivity index (χ1v) is 8.81. The van der Waals surface area contributed by atoms with E-state index in [0.717, 1.165) is 18.7 Å². The number of ether oxygens (including phenoxy) is 1. The lowest BCUT2D eigenvalue weighted by Gasteiger charge is -2.46. The molecule has 2 aromatic rings. The smallest absolute Gasteiger partial charge is 0.296 e. The molecule has 1 N–H and O–H groups in total. The van der Waals surface area contributed by atoms with E-state index in [-0.39, 0.29) is 17.6 Å². The molecule has 0 spiro atoms. The Bertz CT molecular complexity index is 690. The molecule has 1 aliphatic heterocycles. The predicted octanol–water partition coefficient (Wildman–Crippen LogP) is 2.58. The number of likely N-dealkylation sites (tertiary alicyclic amines) is 1. The minimum Gasteiger partial charge on any atom is -0.463 e. The molecular weight excluding hydrogens is 324 g/mol. The fraction of sp³-hybridized carbons (Fsp3) is 0.471. The number of hydrogen-bond acceptors (Lipinski definition) is 6. The summed E-state index contributed by atoms with van der Waals surface area (Å²) in [5, 5.41) is 11.7. The summed E-state index contributed by atoms with van der Waals surface area (Å²) in [5.74, 6) is -0.105. The van der Waals surface area contributed by atoms with Gasteiger partial charge in [-0.1, -0.05) is 35.4 Å². The van der Waals surface area contributed by atoms with Gasteiger partial charge in [0.15, 0.2) is 0 Å². The van der Waals surface area contributed by atoms with Crippen LogP contribution in [0.2, 0.25) is 0 Å². The summed E-state index contributed by atoms with van der Waals surface area (Å²) in [6.45, 7) is 8.34. The normalized spacial score (nSPS) is 15.8. The molecule has 6 nitrogen and oxygen atoms in total. The highest BCUT2D eigenvalue weighted by Gasteiger charge is 2.36. The van der Waals surface area contributed by atoms with Crippen LogP contribution >= 0.6 is 11.3 Å². The van der Waals surface area contributed by atoms with Gasteiger partial charge < -0.3 is 10.1 Å². The first-order valence-electron chi connectivity index (χ1n) is 7.99. The van der Waals surface area contributed by atoms with Crippen LogP contribution < -0.4 is 10.1 Å². The summed E-state index contributed by atoms with van der Waals surface area (Å²) in [5.41, 5.74) is 1.13. The Kier molecular flexibility index (Phi) is 4.82. The largest absolute Gasteiger partial charge is 0.463 e. The molecular formula is C17H22N4O2S. The van der Waals surface area contributed by atoms with Crippen molar-refractivity contribution in [2.45, 2.75) is 38.8 Å². The number of nitrogens with zero attached hydrogens (tertiary/aromatic N) is 3. The highest BCUT2D eigenvalue weighted by Crippen LogP contribution is 2.28. The molecule has 1 aromatic carbocycles. The number of benzene rings is 1. The van der Waals surface area contributed by atoms with Gasteiger partial charge in [0.05, 0.1) is 6.42 Å². The fourth-order valence-electron chi connectivity index (χ4n) is 2.46. The molecule has 1 fully saturated rings. The van der Waals surface area contributed by atoms with Gasteiger partial charge in [-0.2, -0.15) is 0 Å². The van der Waals surface area contributed by atoms with Crippen LogP contribution in [0.15, 0.2) is 30.3 Å². The van der Waals surface area contributed by atoms with Crippen molar-refractivity contribution in [1.82, 2.24) is 15.1 Å². The highest BCUT2D eigenvalue weighted by molar-refractivity contribution is 7.17. The van der Waals surface area contributed by atoms with Gasteiger partial charge in [0.2, 0.25) is 11.0 Å². The molecule has 0 unspecified atom stereocenters. The molecule has 128 valence electrons. The average molecular weight is 346 g/mol. The molecule has 0 radical (unpaired) electrons. The van der Waals surface area contributed by atoms with Crippen LogP contribution in [-0.2, 0) is 11.2 Å².